The van der Waals surface area contributed by atoms with Crippen LogP contribution in [0.15, 0.2) is 24.3 Å². The number of piperidine rings is 1. The lowest BCUT2D eigenvalue weighted by Gasteiger charge is -2.55. The van der Waals surface area contributed by atoms with Crippen LogP contribution in [0.2, 0.25) is 0 Å². The van der Waals surface area contributed by atoms with Crippen LogP contribution < -0.4 is 0 Å². The standard InChI is InChI=1S/C23H29NO/c1-21(2)20(25)16-5-3-4-6-17(16)23(21)9-11-24(12-10-23)19-14-22-13-15(22)7-8-18(19)22/h3-6,15,18-19H,7-14H2,1-2H3/t15-,18+,19-,22?/m1/s1. The Hall–Kier alpha value is -1.15. The minimum atomic E-state index is -0.251. The number of benzene rings is 1. The third kappa shape index (κ3) is 1.56. The molecule has 1 saturated heterocycles. The van der Waals surface area contributed by atoms with Crippen molar-refractivity contribution in [1.82, 2.24) is 4.90 Å². The topological polar surface area (TPSA) is 20.3 Å². The number of rotatable bonds is 1. The summed E-state index contributed by atoms with van der Waals surface area (Å²) in [4.78, 5) is 15.9. The molecule has 132 valence electrons. The van der Waals surface area contributed by atoms with Crippen LogP contribution in [0.5, 0.6) is 0 Å². The van der Waals surface area contributed by atoms with Crippen LogP contribution in [0.4, 0.5) is 0 Å². The summed E-state index contributed by atoms with van der Waals surface area (Å²) in [6, 6.07) is 9.31. The van der Waals surface area contributed by atoms with Gasteiger partial charge in [0.25, 0.3) is 0 Å². The summed E-state index contributed by atoms with van der Waals surface area (Å²) in [5.74, 6) is 2.48. The van der Waals surface area contributed by atoms with Gasteiger partial charge in [-0.25, -0.2) is 0 Å². The van der Waals surface area contributed by atoms with Gasteiger partial charge < -0.3 is 4.90 Å². The predicted octanol–water partition coefficient (Wildman–Crippen LogP) is 4.43. The minimum Gasteiger partial charge on any atom is -0.300 e. The molecule has 3 saturated carbocycles. The van der Waals surface area contributed by atoms with Gasteiger partial charge in [-0.1, -0.05) is 38.1 Å². The van der Waals surface area contributed by atoms with E-state index < -0.39 is 0 Å². The minimum absolute atomic E-state index is 0.0659. The Morgan fingerprint density at radius 3 is 2.52 bits per heavy atom. The molecule has 0 bridgehead atoms. The number of fused-ring (bicyclic) bond motifs is 2. The molecule has 0 amide bonds. The third-order valence-electron chi connectivity index (χ3n) is 9.47. The molecule has 0 radical (unpaired) electrons. The van der Waals surface area contributed by atoms with Gasteiger partial charge in [-0.2, -0.15) is 0 Å². The number of ketones is 1. The SMILES string of the molecule is CC1(C)C(=O)c2ccccc2C12CCN([C@@H]1CC34C[C@H]3CC[C@@H]14)CC2. The highest BCUT2D eigenvalue weighted by Crippen LogP contribution is 2.76. The van der Waals surface area contributed by atoms with Gasteiger partial charge in [-0.05, 0) is 74.4 Å². The number of hydrogen-bond donors (Lipinski definition) is 0. The second-order valence-electron chi connectivity index (χ2n) is 10.2. The van der Waals surface area contributed by atoms with E-state index in [1.54, 1.807) is 6.42 Å². The van der Waals surface area contributed by atoms with Gasteiger partial charge in [0.2, 0.25) is 0 Å². The maximum Gasteiger partial charge on any atom is 0.169 e. The largest absolute Gasteiger partial charge is 0.300 e. The molecule has 4 fully saturated rings. The van der Waals surface area contributed by atoms with E-state index in [-0.39, 0.29) is 10.8 Å². The molecule has 0 aromatic heterocycles. The fraction of sp³-hybridized carbons (Fsp3) is 0.696. The Balaban J connectivity index is 1.27. The summed E-state index contributed by atoms with van der Waals surface area (Å²) in [5, 5.41) is 0. The molecule has 1 aromatic carbocycles. The molecule has 5 aliphatic rings. The molecule has 2 nitrogen and oxygen atoms in total. The van der Waals surface area contributed by atoms with Crippen molar-refractivity contribution >= 4 is 5.78 Å². The summed E-state index contributed by atoms with van der Waals surface area (Å²) in [6.45, 7) is 6.78. The fourth-order valence-electron chi connectivity index (χ4n) is 7.76. The highest BCUT2D eigenvalue weighted by atomic mass is 16.1. The highest BCUT2D eigenvalue weighted by Gasteiger charge is 2.72. The number of carbonyl (C=O) groups is 1. The van der Waals surface area contributed by atoms with Crippen molar-refractivity contribution in [3.63, 3.8) is 0 Å². The van der Waals surface area contributed by atoms with Crippen LogP contribution in [0.3, 0.4) is 0 Å². The van der Waals surface area contributed by atoms with Crippen LogP contribution in [-0.4, -0.2) is 29.8 Å². The molecular weight excluding hydrogens is 306 g/mol. The quantitative estimate of drug-likeness (QED) is 0.756. The van der Waals surface area contributed by atoms with Crippen molar-refractivity contribution in [3.8, 4) is 0 Å². The van der Waals surface area contributed by atoms with Gasteiger partial charge in [0.05, 0.1) is 0 Å². The summed E-state index contributed by atoms with van der Waals surface area (Å²) in [5.41, 5.74) is 2.97. The van der Waals surface area contributed by atoms with Crippen molar-refractivity contribution < 1.29 is 4.79 Å². The molecule has 25 heavy (non-hydrogen) atoms. The van der Waals surface area contributed by atoms with Crippen molar-refractivity contribution in [3.05, 3.63) is 35.4 Å². The lowest BCUT2D eigenvalue weighted by molar-refractivity contribution is -0.0356. The van der Waals surface area contributed by atoms with Crippen molar-refractivity contribution in [1.29, 1.82) is 0 Å². The average Bonchev–Trinajstić information content (AvgIpc) is 3.25. The highest BCUT2D eigenvalue weighted by molar-refractivity contribution is 6.06. The summed E-state index contributed by atoms with van der Waals surface area (Å²) in [7, 11) is 0. The first kappa shape index (κ1) is 15.0. The molecule has 1 unspecified atom stereocenters. The zero-order valence-electron chi connectivity index (χ0n) is 15.6. The molecule has 1 aromatic rings. The van der Waals surface area contributed by atoms with Gasteiger partial charge in [0.15, 0.2) is 5.78 Å². The molecule has 4 aliphatic carbocycles. The molecule has 2 heteroatoms. The van der Waals surface area contributed by atoms with E-state index in [0.29, 0.717) is 5.78 Å². The average molecular weight is 335 g/mol. The van der Waals surface area contributed by atoms with E-state index in [2.05, 4.69) is 36.9 Å². The smallest absolute Gasteiger partial charge is 0.169 e. The number of carbonyl (C=O) groups excluding carboxylic acids is 1. The summed E-state index contributed by atoms with van der Waals surface area (Å²) < 4.78 is 0. The molecule has 0 N–H and O–H groups in total. The molecule has 1 aliphatic heterocycles. The third-order valence-corrected chi connectivity index (χ3v) is 9.47. The zero-order valence-corrected chi connectivity index (χ0v) is 15.6. The van der Waals surface area contributed by atoms with Crippen molar-refractivity contribution in [2.45, 2.75) is 63.8 Å². The van der Waals surface area contributed by atoms with Gasteiger partial charge in [0.1, 0.15) is 0 Å². The Bertz CT molecular complexity index is 770. The summed E-state index contributed by atoms with van der Waals surface area (Å²) >= 11 is 0. The van der Waals surface area contributed by atoms with E-state index in [4.69, 9.17) is 0 Å². The number of hydrogen-bond acceptors (Lipinski definition) is 2. The Morgan fingerprint density at radius 2 is 1.80 bits per heavy atom. The predicted molar refractivity (Wildman–Crippen MR) is 98.7 cm³/mol. The normalized spacial score (nSPS) is 42.6. The first-order chi connectivity index (χ1) is 12.0. The van der Waals surface area contributed by atoms with E-state index >= 15 is 0 Å². The first-order valence-electron chi connectivity index (χ1n) is 10.4. The maximum absolute atomic E-state index is 13.1. The van der Waals surface area contributed by atoms with Crippen LogP contribution in [0.1, 0.15) is 68.3 Å². The maximum atomic E-state index is 13.1. The number of nitrogens with zero attached hydrogens (tertiary/aromatic N) is 1. The van der Waals surface area contributed by atoms with E-state index in [0.717, 1.165) is 41.7 Å². The molecular formula is C23H29NO. The molecule has 4 atom stereocenters. The Kier molecular flexibility index (Phi) is 2.63. The molecule has 1 heterocycles. The number of likely N-dealkylation sites (tertiary alicyclic amines) is 1. The van der Waals surface area contributed by atoms with E-state index in [1.165, 1.54) is 37.9 Å². The zero-order chi connectivity index (χ0) is 17.0. The monoisotopic (exact) mass is 335 g/mol. The molecule has 6 rings (SSSR count). The Labute approximate surface area is 151 Å². The van der Waals surface area contributed by atoms with Crippen LogP contribution in [0.25, 0.3) is 0 Å². The van der Waals surface area contributed by atoms with Crippen molar-refractivity contribution in [2.24, 2.45) is 22.7 Å². The first-order valence-corrected chi connectivity index (χ1v) is 10.4. The fourth-order valence-corrected chi connectivity index (χ4v) is 7.76. The van der Waals surface area contributed by atoms with Crippen LogP contribution in [-0.2, 0) is 5.41 Å². The van der Waals surface area contributed by atoms with Crippen LogP contribution >= 0.6 is 0 Å². The number of Topliss-reactive ketones (excluding diaryl/α,β-unsaturated/α-hetero) is 1. The van der Waals surface area contributed by atoms with Gasteiger partial charge in [-0.3, -0.25) is 4.79 Å². The van der Waals surface area contributed by atoms with E-state index in [9.17, 15) is 4.79 Å². The summed E-state index contributed by atoms with van der Waals surface area (Å²) in [6.07, 6.45) is 8.33. The van der Waals surface area contributed by atoms with E-state index in [1.807, 2.05) is 6.07 Å². The lowest BCUT2D eigenvalue weighted by atomic mass is 9.59. The second kappa shape index (κ2) is 4.39. The van der Waals surface area contributed by atoms with Crippen LogP contribution in [0, 0.1) is 22.7 Å². The van der Waals surface area contributed by atoms with Gasteiger partial charge in [-0.15, -0.1) is 0 Å². The lowest BCUT2D eigenvalue weighted by Crippen LogP contribution is -2.58. The Morgan fingerprint density at radius 1 is 1.04 bits per heavy atom. The van der Waals surface area contributed by atoms with Gasteiger partial charge >= 0.3 is 0 Å². The van der Waals surface area contributed by atoms with Crippen molar-refractivity contribution in [2.75, 3.05) is 13.1 Å². The van der Waals surface area contributed by atoms with Gasteiger partial charge in [0, 0.05) is 22.4 Å². The molecule has 2 spiro atoms. The second-order valence-corrected chi connectivity index (χ2v) is 10.2.